The van der Waals surface area contributed by atoms with Crippen LogP contribution in [-0.2, 0) is 4.79 Å². The fourth-order valence-electron chi connectivity index (χ4n) is 5.16. The lowest BCUT2D eigenvalue weighted by molar-refractivity contribution is -0.151. The van der Waals surface area contributed by atoms with Gasteiger partial charge in [0.15, 0.2) is 0 Å². The van der Waals surface area contributed by atoms with Gasteiger partial charge in [0, 0.05) is 12.6 Å². The van der Waals surface area contributed by atoms with Crippen LogP contribution in [0.4, 0.5) is 0 Å². The topological polar surface area (TPSA) is 40.5 Å². The molecule has 3 heteroatoms. The largest absolute Gasteiger partial charge is 0.481 e. The van der Waals surface area contributed by atoms with Crippen LogP contribution in [0, 0.1) is 11.3 Å². The summed E-state index contributed by atoms with van der Waals surface area (Å²) in [7, 11) is 0. The molecule has 3 aliphatic rings. The fraction of sp³-hybridized carbons (Fsp3) is 0.944. The Bertz CT molecular complexity index is 354. The molecule has 2 saturated carbocycles. The van der Waals surface area contributed by atoms with Gasteiger partial charge < -0.3 is 5.11 Å². The van der Waals surface area contributed by atoms with E-state index in [1.807, 2.05) is 0 Å². The average molecular weight is 293 g/mol. The number of carbonyl (C=O) groups is 1. The molecule has 0 bridgehead atoms. The van der Waals surface area contributed by atoms with E-state index in [0.29, 0.717) is 6.04 Å². The van der Waals surface area contributed by atoms with Crippen molar-refractivity contribution in [3.05, 3.63) is 0 Å². The molecular weight excluding hydrogens is 262 g/mol. The van der Waals surface area contributed by atoms with Crippen molar-refractivity contribution in [1.82, 2.24) is 4.90 Å². The van der Waals surface area contributed by atoms with Gasteiger partial charge in [0.25, 0.3) is 0 Å². The predicted octanol–water partition coefficient (Wildman–Crippen LogP) is 4.07. The van der Waals surface area contributed by atoms with Gasteiger partial charge in [0.1, 0.15) is 0 Å². The van der Waals surface area contributed by atoms with E-state index in [1.165, 1.54) is 51.4 Å². The minimum absolute atomic E-state index is 0.447. The molecule has 3 nitrogen and oxygen atoms in total. The van der Waals surface area contributed by atoms with Crippen LogP contribution in [0.3, 0.4) is 0 Å². The van der Waals surface area contributed by atoms with E-state index in [2.05, 4.69) is 4.90 Å². The standard InChI is InChI=1S/C18H31NO2/c20-17(21)18(11-5-1-2-6-12-18)14-19-13-7-10-16(19)15-8-3-4-9-15/h15-16H,1-14H2,(H,20,21). The zero-order valence-electron chi connectivity index (χ0n) is 13.4. The van der Waals surface area contributed by atoms with Gasteiger partial charge in [0.2, 0.25) is 0 Å². The number of hydrogen-bond donors (Lipinski definition) is 1. The van der Waals surface area contributed by atoms with Gasteiger partial charge >= 0.3 is 5.97 Å². The molecule has 3 fully saturated rings. The maximum Gasteiger partial charge on any atom is 0.310 e. The molecule has 0 amide bonds. The van der Waals surface area contributed by atoms with Crippen molar-refractivity contribution in [3.63, 3.8) is 0 Å². The molecule has 0 spiro atoms. The number of aliphatic carboxylic acids is 1. The molecule has 2 aliphatic carbocycles. The second kappa shape index (κ2) is 6.68. The summed E-state index contributed by atoms with van der Waals surface area (Å²) in [6.07, 6.45) is 14.6. The molecule has 0 aromatic rings. The van der Waals surface area contributed by atoms with E-state index in [4.69, 9.17) is 0 Å². The molecule has 1 saturated heterocycles. The second-order valence-corrected chi connectivity index (χ2v) is 7.72. The maximum atomic E-state index is 12.0. The Labute approximate surface area is 129 Å². The zero-order chi connectivity index (χ0) is 14.7. The molecule has 21 heavy (non-hydrogen) atoms. The van der Waals surface area contributed by atoms with E-state index in [9.17, 15) is 9.90 Å². The number of carboxylic acid groups (broad SMARTS) is 1. The Kier molecular flexibility index (Phi) is 4.88. The van der Waals surface area contributed by atoms with E-state index in [-0.39, 0.29) is 0 Å². The Morgan fingerprint density at radius 3 is 2.24 bits per heavy atom. The monoisotopic (exact) mass is 293 g/mol. The van der Waals surface area contributed by atoms with Crippen molar-refractivity contribution in [3.8, 4) is 0 Å². The molecule has 1 N–H and O–H groups in total. The highest BCUT2D eigenvalue weighted by Crippen LogP contribution is 2.41. The summed E-state index contributed by atoms with van der Waals surface area (Å²) in [5.74, 6) is 0.325. The van der Waals surface area contributed by atoms with Crippen molar-refractivity contribution in [2.45, 2.75) is 83.1 Å². The minimum atomic E-state index is -0.526. The van der Waals surface area contributed by atoms with Gasteiger partial charge in [-0.15, -0.1) is 0 Å². The zero-order valence-corrected chi connectivity index (χ0v) is 13.4. The lowest BCUT2D eigenvalue weighted by atomic mass is 9.79. The quantitative estimate of drug-likeness (QED) is 0.794. The van der Waals surface area contributed by atoms with Crippen LogP contribution in [0.2, 0.25) is 0 Å². The summed E-state index contributed by atoms with van der Waals surface area (Å²) >= 11 is 0. The third-order valence-electron chi connectivity index (χ3n) is 6.38. The lowest BCUT2D eigenvalue weighted by Crippen LogP contribution is -2.46. The number of nitrogens with zero attached hydrogens (tertiary/aromatic N) is 1. The molecule has 1 aliphatic heterocycles. The van der Waals surface area contributed by atoms with E-state index in [1.54, 1.807) is 0 Å². The Hall–Kier alpha value is -0.570. The molecule has 1 atom stereocenters. The van der Waals surface area contributed by atoms with Gasteiger partial charge in [-0.3, -0.25) is 9.69 Å². The highest BCUT2D eigenvalue weighted by Gasteiger charge is 2.43. The average Bonchev–Trinajstić information content (AvgIpc) is 3.07. The van der Waals surface area contributed by atoms with Crippen molar-refractivity contribution in [1.29, 1.82) is 0 Å². The summed E-state index contributed by atoms with van der Waals surface area (Å²) in [6, 6.07) is 0.687. The van der Waals surface area contributed by atoms with Gasteiger partial charge in [-0.1, -0.05) is 38.5 Å². The molecule has 0 aromatic carbocycles. The first-order valence-corrected chi connectivity index (χ1v) is 9.19. The summed E-state index contributed by atoms with van der Waals surface area (Å²) in [5, 5.41) is 9.90. The Morgan fingerprint density at radius 1 is 0.952 bits per heavy atom. The maximum absolute atomic E-state index is 12.0. The summed E-state index contributed by atoms with van der Waals surface area (Å²) in [6.45, 7) is 1.96. The highest BCUT2D eigenvalue weighted by atomic mass is 16.4. The van der Waals surface area contributed by atoms with Crippen LogP contribution >= 0.6 is 0 Å². The molecule has 0 radical (unpaired) electrons. The minimum Gasteiger partial charge on any atom is -0.481 e. The number of carboxylic acids is 1. The molecule has 1 heterocycles. The van der Waals surface area contributed by atoms with Gasteiger partial charge in [0.05, 0.1) is 5.41 Å². The highest BCUT2D eigenvalue weighted by molar-refractivity contribution is 5.75. The molecule has 0 aromatic heterocycles. The summed E-state index contributed by atoms with van der Waals surface area (Å²) < 4.78 is 0. The SMILES string of the molecule is O=C(O)C1(CN2CCCC2C2CCCC2)CCCCCC1. The predicted molar refractivity (Wildman–Crippen MR) is 84.3 cm³/mol. The van der Waals surface area contributed by atoms with E-state index < -0.39 is 11.4 Å². The van der Waals surface area contributed by atoms with Crippen LogP contribution in [0.15, 0.2) is 0 Å². The first-order valence-electron chi connectivity index (χ1n) is 9.19. The molecule has 120 valence electrons. The Balaban J connectivity index is 1.70. The molecule has 3 rings (SSSR count). The number of likely N-dealkylation sites (tertiary alicyclic amines) is 1. The van der Waals surface area contributed by atoms with Crippen LogP contribution < -0.4 is 0 Å². The summed E-state index contributed by atoms with van der Waals surface area (Å²) in [5.41, 5.74) is -0.447. The smallest absolute Gasteiger partial charge is 0.310 e. The van der Waals surface area contributed by atoms with E-state index >= 15 is 0 Å². The van der Waals surface area contributed by atoms with Crippen molar-refractivity contribution >= 4 is 5.97 Å². The first kappa shape index (κ1) is 15.3. The fourth-order valence-corrected chi connectivity index (χ4v) is 5.16. The van der Waals surface area contributed by atoms with Crippen LogP contribution in [0.25, 0.3) is 0 Å². The van der Waals surface area contributed by atoms with E-state index in [0.717, 1.165) is 44.7 Å². The normalized spacial score (nSPS) is 31.3. The Morgan fingerprint density at radius 2 is 1.62 bits per heavy atom. The van der Waals surface area contributed by atoms with Crippen molar-refractivity contribution in [2.75, 3.05) is 13.1 Å². The molecular formula is C18H31NO2. The summed E-state index contributed by atoms with van der Waals surface area (Å²) in [4.78, 5) is 14.6. The number of hydrogen-bond acceptors (Lipinski definition) is 2. The lowest BCUT2D eigenvalue weighted by Gasteiger charge is -2.37. The number of rotatable bonds is 4. The first-order chi connectivity index (χ1) is 10.2. The van der Waals surface area contributed by atoms with Gasteiger partial charge in [-0.05, 0) is 51.0 Å². The van der Waals surface area contributed by atoms with Crippen LogP contribution in [0.1, 0.15) is 77.0 Å². The molecule has 1 unspecified atom stereocenters. The van der Waals surface area contributed by atoms with Gasteiger partial charge in [-0.25, -0.2) is 0 Å². The van der Waals surface area contributed by atoms with Crippen LogP contribution in [0.5, 0.6) is 0 Å². The van der Waals surface area contributed by atoms with Crippen molar-refractivity contribution in [2.24, 2.45) is 11.3 Å². The van der Waals surface area contributed by atoms with Crippen molar-refractivity contribution < 1.29 is 9.90 Å². The third-order valence-corrected chi connectivity index (χ3v) is 6.38. The van der Waals surface area contributed by atoms with Gasteiger partial charge in [-0.2, -0.15) is 0 Å². The second-order valence-electron chi connectivity index (χ2n) is 7.72. The van der Waals surface area contributed by atoms with Crippen LogP contribution in [-0.4, -0.2) is 35.1 Å². The third kappa shape index (κ3) is 3.28.